The van der Waals surface area contributed by atoms with Crippen LogP contribution in [-0.4, -0.2) is 51.3 Å². The van der Waals surface area contributed by atoms with E-state index in [2.05, 4.69) is 9.80 Å². The first-order valence-electron chi connectivity index (χ1n) is 18.3. The number of ketones is 1. The summed E-state index contributed by atoms with van der Waals surface area (Å²) < 4.78 is 0. The molecule has 0 aromatic heterocycles. The summed E-state index contributed by atoms with van der Waals surface area (Å²) in [5.41, 5.74) is 0.566. The minimum Gasteiger partial charge on any atom is -0.299 e. The van der Waals surface area contributed by atoms with Gasteiger partial charge in [-0.3, -0.25) is 14.6 Å². The minimum absolute atomic E-state index is 0.128. The van der Waals surface area contributed by atoms with Gasteiger partial charge in [-0.1, -0.05) is 57.8 Å². The van der Waals surface area contributed by atoms with Gasteiger partial charge < -0.3 is 0 Å². The summed E-state index contributed by atoms with van der Waals surface area (Å²) in [6.07, 6.45) is 32.7. The Labute approximate surface area is 238 Å². The second kappa shape index (κ2) is 9.29. The Morgan fingerprint density at radius 1 is 0.513 bits per heavy atom. The maximum Gasteiger partial charge on any atom is 0.142 e. The third-order valence-corrected chi connectivity index (χ3v) is 15.2. The van der Waals surface area contributed by atoms with Crippen LogP contribution < -0.4 is 0 Å². The molecule has 2 aliphatic heterocycles. The van der Waals surface area contributed by atoms with Crippen LogP contribution in [0.2, 0.25) is 0 Å². The van der Waals surface area contributed by atoms with E-state index >= 15 is 0 Å². The van der Waals surface area contributed by atoms with E-state index in [1.807, 2.05) is 0 Å². The van der Waals surface area contributed by atoms with Crippen molar-refractivity contribution in [3.8, 4) is 0 Å². The van der Waals surface area contributed by atoms with Crippen molar-refractivity contribution in [2.75, 3.05) is 0 Å². The molecule has 0 N–H and O–H groups in total. The summed E-state index contributed by atoms with van der Waals surface area (Å²) in [6.45, 7) is 0. The summed E-state index contributed by atoms with van der Waals surface area (Å²) in [6, 6.07) is 4.48. The number of nitrogens with zero attached hydrogens (tertiary/aromatic N) is 2. The Bertz CT molecular complexity index is 927. The average Bonchev–Trinajstić information content (AvgIpc) is 3.45. The van der Waals surface area contributed by atoms with Gasteiger partial charge >= 0.3 is 0 Å². The number of Topliss-reactive ketones (excluding diaryl/α,β-unsaturated/α-hetero) is 1. The van der Waals surface area contributed by atoms with Crippen LogP contribution in [0, 0.1) is 35.0 Å². The van der Waals surface area contributed by atoms with E-state index in [0.29, 0.717) is 11.5 Å². The first-order chi connectivity index (χ1) is 19.2. The molecule has 0 aromatic rings. The first kappa shape index (κ1) is 25.1. The Balaban J connectivity index is 0.945. The average molecular weight is 533 g/mol. The van der Waals surface area contributed by atoms with Crippen molar-refractivity contribution in [3.63, 3.8) is 0 Å². The lowest BCUT2D eigenvalue weighted by molar-refractivity contribution is -0.235. The molecule has 10 aliphatic rings. The molecule has 216 valence electrons. The fourth-order valence-corrected chi connectivity index (χ4v) is 14.1. The molecule has 8 aliphatic carbocycles. The van der Waals surface area contributed by atoms with Gasteiger partial charge in [-0.2, -0.15) is 0 Å². The van der Waals surface area contributed by atoms with Crippen molar-refractivity contribution in [1.29, 1.82) is 0 Å². The van der Waals surface area contributed by atoms with E-state index < -0.39 is 0 Å². The fraction of sp³-hybridized carbons (Fsp3) is 0.972. The second-order valence-electron chi connectivity index (χ2n) is 16.8. The zero-order valence-corrected chi connectivity index (χ0v) is 24.8. The van der Waals surface area contributed by atoms with E-state index in [9.17, 15) is 4.79 Å². The molecule has 2 saturated heterocycles. The fourth-order valence-electron chi connectivity index (χ4n) is 14.1. The highest BCUT2D eigenvalue weighted by molar-refractivity contribution is 5.91. The number of likely N-dealkylation sites (tertiary alicyclic amines) is 2. The van der Waals surface area contributed by atoms with Crippen LogP contribution >= 0.6 is 0 Å². The number of carbonyl (C=O) groups excluding carboxylic acids is 1. The van der Waals surface area contributed by atoms with Crippen LogP contribution in [0.15, 0.2) is 0 Å². The Kier molecular flexibility index (Phi) is 5.99. The lowest BCUT2D eigenvalue weighted by atomic mass is 9.36. The van der Waals surface area contributed by atoms with Crippen molar-refractivity contribution in [2.24, 2.45) is 35.0 Å². The van der Waals surface area contributed by atoms with Crippen molar-refractivity contribution >= 4 is 5.78 Å². The zero-order valence-electron chi connectivity index (χ0n) is 24.8. The summed E-state index contributed by atoms with van der Waals surface area (Å²) in [4.78, 5) is 20.1. The highest BCUT2D eigenvalue weighted by atomic mass is 16.1. The Morgan fingerprint density at radius 2 is 1.03 bits per heavy atom. The molecule has 9 unspecified atom stereocenters. The van der Waals surface area contributed by atoms with Gasteiger partial charge in [0.2, 0.25) is 0 Å². The molecule has 39 heavy (non-hydrogen) atoms. The number of hydrogen-bond donors (Lipinski definition) is 0. The quantitative estimate of drug-likeness (QED) is 0.368. The highest BCUT2D eigenvalue weighted by Gasteiger charge is 2.76. The number of fused-ring (bicyclic) bond motifs is 6. The summed E-state index contributed by atoms with van der Waals surface area (Å²) >= 11 is 0. The summed E-state index contributed by atoms with van der Waals surface area (Å²) in [5, 5.41) is 0. The predicted octanol–water partition coefficient (Wildman–Crippen LogP) is 7.90. The van der Waals surface area contributed by atoms with Gasteiger partial charge in [0.25, 0.3) is 0 Å². The van der Waals surface area contributed by atoms with Crippen LogP contribution in [0.5, 0.6) is 0 Å². The molecular weight excluding hydrogens is 476 g/mol. The van der Waals surface area contributed by atoms with Crippen molar-refractivity contribution in [1.82, 2.24) is 9.80 Å². The molecule has 8 saturated carbocycles. The molecule has 9 atom stereocenters. The molecule has 10 fully saturated rings. The van der Waals surface area contributed by atoms with Crippen molar-refractivity contribution in [3.05, 3.63) is 0 Å². The van der Waals surface area contributed by atoms with Gasteiger partial charge in [-0.15, -0.1) is 0 Å². The van der Waals surface area contributed by atoms with Gasteiger partial charge in [0.15, 0.2) is 0 Å². The summed E-state index contributed by atoms with van der Waals surface area (Å²) in [5.74, 6) is 5.16. The third kappa shape index (κ3) is 3.56. The van der Waals surface area contributed by atoms with E-state index in [1.54, 1.807) is 12.8 Å². The molecule has 0 amide bonds. The Hall–Kier alpha value is -0.410. The maximum atomic E-state index is 13.7. The molecule has 3 nitrogen and oxygen atoms in total. The molecule has 2 heterocycles. The zero-order chi connectivity index (χ0) is 25.8. The van der Waals surface area contributed by atoms with Crippen LogP contribution in [0.3, 0.4) is 0 Å². The van der Waals surface area contributed by atoms with Crippen LogP contribution in [0.25, 0.3) is 0 Å². The molecule has 10 rings (SSSR count). The van der Waals surface area contributed by atoms with Gasteiger partial charge in [0, 0.05) is 47.1 Å². The van der Waals surface area contributed by atoms with Gasteiger partial charge in [0.1, 0.15) is 5.78 Å². The molecule has 0 spiro atoms. The van der Waals surface area contributed by atoms with E-state index in [-0.39, 0.29) is 5.41 Å². The van der Waals surface area contributed by atoms with Gasteiger partial charge in [-0.05, 0) is 114 Å². The number of carbonyl (C=O) groups is 1. The minimum atomic E-state index is 0.128. The maximum absolute atomic E-state index is 13.7. The molecular formula is C36H56N2O. The molecule has 3 heteroatoms. The van der Waals surface area contributed by atoms with Crippen LogP contribution in [-0.2, 0) is 4.79 Å². The standard InChI is InChI=1S/C36H56N2O/c39-34(24-10-2-1-3-11-24)35-21-36(22-35,23-35)38-32-17-9-6-14-28(32)29-20-25(18-19-33(29)38)37-30-15-7-4-12-26(30)27-13-5-8-16-31(27)37/h24-33H,1-23H2. The first-order valence-corrected chi connectivity index (χ1v) is 18.3. The van der Waals surface area contributed by atoms with Crippen molar-refractivity contribution in [2.45, 2.75) is 183 Å². The summed E-state index contributed by atoms with van der Waals surface area (Å²) in [7, 11) is 0. The van der Waals surface area contributed by atoms with Gasteiger partial charge in [0.05, 0.1) is 0 Å². The largest absolute Gasteiger partial charge is 0.299 e. The SMILES string of the molecule is O=C(C1CCCCC1)C12CC(N3C4CCCCC4C4CC(N5C6CCCCC6C6CCCCC65)CCC43)(C1)C2. The lowest BCUT2D eigenvalue weighted by Crippen LogP contribution is -2.79. The topological polar surface area (TPSA) is 23.6 Å². The van der Waals surface area contributed by atoms with Crippen LogP contribution in [0.4, 0.5) is 0 Å². The molecule has 2 bridgehead atoms. The molecule has 0 radical (unpaired) electrons. The monoisotopic (exact) mass is 532 g/mol. The van der Waals surface area contributed by atoms with Crippen molar-refractivity contribution < 1.29 is 4.79 Å². The number of hydrogen-bond acceptors (Lipinski definition) is 3. The smallest absolute Gasteiger partial charge is 0.142 e. The normalized spacial score (nSPS) is 53.6. The van der Waals surface area contributed by atoms with E-state index in [4.69, 9.17) is 0 Å². The third-order valence-electron chi connectivity index (χ3n) is 15.2. The lowest BCUT2D eigenvalue weighted by Gasteiger charge is -2.75. The van der Waals surface area contributed by atoms with Crippen LogP contribution in [0.1, 0.15) is 148 Å². The molecule has 0 aromatic carbocycles. The Morgan fingerprint density at radius 3 is 1.67 bits per heavy atom. The number of rotatable bonds is 4. The second-order valence-corrected chi connectivity index (χ2v) is 16.8. The predicted molar refractivity (Wildman–Crippen MR) is 156 cm³/mol. The van der Waals surface area contributed by atoms with E-state index in [1.165, 1.54) is 135 Å². The van der Waals surface area contributed by atoms with Gasteiger partial charge in [-0.25, -0.2) is 0 Å². The van der Waals surface area contributed by atoms with E-state index in [0.717, 1.165) is 59.7 Å². The highest BCUT2D eigenvalue weighted by Crippen LogP contribution is 2.74.